The van der Waals surface area contributed by atoms with E-state index >= 15 is 0 Å². The topological polar surface area (TPSA) is 63.9 Å². The van der Waals surface area contributed by atoms with Gasteiger partial charge >= 0.3 is 0 Å². The molecule has 0 aliphatic rings. The Kier molecular flexibility index (Phi) is 5.38. The number of para-hydroxylation sites is 1. The summed E-state index contributed by atoms with van der Waals surface area (Å²) < 4.78 is 6.64. The third kappa shape index (κ3) is 3.29. The number of nitrogens with one attached hydrogen (secondary N) is 1. The average molecular weight is 438 g/mol. The van der Waals surface area contributed by atoms with Gasteiger partial charge in [0.15, 0.2) is 0 Å². The molecule has 4 aromatic rings. The molecule has 2 aromatic heterocycles. The van der Waals surface area contributed by atoms with Gasteiger partial charge in [-0.1, -0.05) is 18.2 Å². The van der Waals surface area contributed by atoms with Crippen molar-refractivity contribution < 1.29 is 4.74 Å². The van der Waals surface area contributed by atoms with Gasteiger partial charge in [0.1, 0.15) is 11.3 Å². The van der Waals surface area contributed by atoms with Crippen molar-refractivity contribution in [3.05, 3.63) is 58.2 Å². The monoisotopic (exact) mass is 437 g/mol. The van der Waals surface area contributed by atoms with Crippen LogP contribution in [0.2, 0.25) is 0 Å². The van der Waals surface area contributed by atoms with Crippen molar-refractivity contribution in [2.24, 2.45) is 5.73 Å². The summed E-state index contributed by atoms with van der Waals surface area (Å²) in [6.07, 6.45) is 3.06. The van der Waals surface area contributed by atoms with Crippen LogP contribution in [0.1, 0.15) is 24.1 Å². The first kappa shape index (κ1) is 19.0. The van der Waals surface area contributed by atoms with Crippen molar-refractivity contribution in [2.45, 2.75) is 26.2 Å². The molecule has 144 valence electrons. The van der Waals surface area contributed by atoms with Crippen molar-refractivity contribution in [2.75, 3.05) is 13.7 Å². The van der Waals surface area contributed by atoms with Gasteiger partial charge in [0.2, 0.25) is 0 Å². The molecule has 0 aliphatic carbocycles. The van der Waals surface area contributed by atoms with E-state index in [0.717, 1.165) is 69.4 Å². The second kappa shape index (κ2) is 7.94. The number of nitrogens with zero attached hydrogens (tertiary/aromatic N) is 1. The molecule has 0 unspecified atom stereocenters. The number of aromatic amines is 1. The van der Waals surface area contributed by atoms with E-state index in [1.165, 1.54) is 10.9 Å². The molecule has 0 atom stereocenters. The predicted molar refractivity (Wildman–Crippen MR) is 120 cm³/mol. The van der Waals surface area contributed by atoms with E-state index in [4.69, 9.17) is 15.5 Å². The molecule has 0 spiro atoms. The normalized spacial score (nSPS) is 11.4. The standard InChI is InChI=1S/C23H24BrN3O/c1-14-9-10-18-17(11-12-20(28-2)23(18)26-14)21-15(6-3-4-13-25)16-7-5-8-19(24)22(16)27-21/h5,7-12,27H,3-4,6,13,25H2,1-2H3. The highest BCUT2D eigenvalue weighted by Gasteiger charge is 2.18. The number of hydrogen-bond donors (Lipinski definition) is 2. The van der Waals surface area contributed by atoms with Crippen LogP contribution in [0.5, 0.6) is 5.75 Å². The molecule has 0 fully saturated rings. The number of pyridine rings is 1. The van der Waals surface area contributed by atoms with Crippen LogP contribution in [0, 0.1) is 6.92 Å². The molecular formula is C23H24BrN3O. The van der Waals surface area contributed by atoms with Crippen LogP contribution in [0.25, 0.3) is 33.1 Å². The largest absolute Gasteiger partial charge is 0.494 e. The summed E-state index contributed by atoms with van der Waals surface area (Å²) in [6.45, 7) is 2.72. The average Bonchev–Trinajstić information content (AvgIpc) is 3.07. The number of methoxy groups -OCH3 is 1. The lowest BCUT2D eigenvalue weighted by atomic mass is 9.97. The molecule has 0 bridgehead atoms. The third-order valence-corrected chi connectivity index (χ3v) is 5.88. The summed E-state index contributed by atoms with van der Waals surface area (Å²) in [7, 11) is 1.69. The summed E-state index contributed by atoms with van der Waals surface area (Å²) in [5.41, 5.74) is 12.4. The van der Waals surface area contributed by atoms with E-state index in [-0.39, 0.29) is 0 Å². The third-order valence-electron chi connectivity index (χ3n) is 5.22. The molecule has 0 radical (unpaired) electrons. The maximum absolute atomic E-state index is 5.74. The fraction of sp³-hybridized carbons (Fsp3) is 0.261. The Morgan fingerprint density at radius 1 is 1.07 bits per heavy atom. The number of hydrogen-bond acceptors (Lipinski definition) is 3. The number of aromatic nitrogens is 2. The lowest BCUT2D eigenvalue weighted by molar-refractivity contribution is 0.419. The van der Waals surface area contributed by atoms with Crippen LogP contribution in [0.15, 0.2) is 46.9 Å². The van der Waals surface area contributed by atoms with E-state index in [2.05, 4.69) is 57.3 Å². The van der Waals surface area contributed by atoms with E-state index in [0.29, 0.717) is 0 Å². The van der Waals surface area contributed by atoms with Crippen molar-refractivity contribution in [1.29, 1.82) is 0 Å². The smallest absolute Gasteiger partial charge is 0.145 e. The van der Waals surface area contributed by atoms with Crippen LogP contribution in [-0.4, -0.2) is 23.6 Å². The number of ether oxygens (including phenoxy) is 1. The van der Waals surface area contributed by atoms with Crippen molar-refractivity contribution in [1.82, 2.24) is 9.97 Å². The number of rotatable bonds is 6. The first-order valence-electron chi connectivity index (χ1n) is 9.58. The zero-order valence-electron chi connectivity index (χ0n) is 16.2. The van der Waals surface area contributed by atoms with Gasteiger partial charge in [0.05, 0.1) is 18.3 Å². The lowest BCUT2D eigenvalue weighted by Gasteiger charge is -2.12. The van der Waals surface area contributed by atoms with Crippen LogP contribution in [0.3, 0.4) is 0 Å². The van der Waals surface area contributed by atoms with Crippen molar-refractivity contribution >= 4 is 37.7 Å². The Morgan fingerprint density at radius 3 is 2.71 bits per heavy atom. The van der Waals surface area contributed by atoms with Crippen molar-refractivity contribution in [3.8, 4) is 17.0 Å². The Hall–Kier alpha value is -2.37. The molecular weight excluding hydrogens is 414 g/mol. The van der Waals surface area contributed by atoms with Crippen LogP contribution < -0.4 is 10.5 Å². The zero-order valence-corrected chi connectivity index (χ0v) is 17.8. The first-order chi connectivity index (χ1) is 13.6. The quantitative estimate of drug-likeness (QED) is 0.377. The van der Waals surface area contributed by atoms with Gasteiger partial charge < -0.3 is 15.5 Å². The Balaban J connectivity index is 1.98. The maximum atomic E-state index is 5.74. The van der Waals surface area contributed by atoms with E-state index in [1.54, 1.807) is 7.11 Å². The van der Waals surface area contributed by atoms with Gasteiger partial charge in [-0.3, -0.25) is 0 Å². The van der Waals surface area contributed by atoms with Gasteiger partial charge in [-0.25, -0.2) is 4.98 Å². The number of fused-ring (bicyclic) bond motifs is 2. The Morgan fingerprint density at radius 2 is 1.93 bits per heavy atom. The fourth-order valence-corrected chi connectivity index (χ4v) is 4.31. The molecule has 0 aliphatic heterocycles. The number of benzene rings is 2. The number of aryl methyl sites for hydroxylation is 2. The molecule has 0 amide bonds. The maximum Gasteiger partial charge on any atom is 0.145 e. The second-order valence-electron chi connectivity index (χ2n) is 7.05. The van der Waals surface area contributed by atoms with Crippen LogP contribution >= 0.6 is 15.9 Å². The predicted octanol–water partition coefficient (Wildman–Crippen LogP) is 5.74. The zero-order chi connectivity index (χ0) is 19.7. The van der Waals surface area contributed by atoms with E-state index in [9.17, 15) is 0 Å². The lowest BCUT2D eigenvalue weighted by Crippen LogP contribution is -1.99. The molecule has 4 rings (SSSR count). The number of unbranched alkanes of at least 4 members (excludes halogenated alkanes) is 1. The number of nitrogens with two attached hydrogens (primary N) is 1. The second-order valence-corrected chi connectivity index (χ2v) is 7.91. The SMILES string of the molecule is COc1ccc(-c2[nH]c3c(Br)cccc3c2CCCCN)c2ccc(C)nc12. The van der Waals surface area contributed by atoms with E-state index < -0.39 is 0 Å². The number of H-pyrrole nitrogens is 1. The van der Waals surface area contributed by atoms with Gasteiger partial charge in [-0.2, -0.15) is 0 Å². The van der Waals surface area contributed by atoms with Gasteiger partial charge in [0, 0.05) is 26.5 Å². The highest BCUT2D eigenvalue weighted by Crippen LogP contribution is 2.39. The highest BCUT2D eigenvalue weighted by molar-refractivity contribution is 9.10. The molecule has 4 nitrogen and oxygen atoms in total. The summed E-state index contributed by atoms with van der Waals surface area (Å²) in [6, 6.07) is 14.7. The minimum atomic E-state index is 0.718. The van der Waals surface area contributed by atoms with Gasteiger partial charge in [-0.15, -0.1) is 0 Å². The minimum Gasteiger partial charge on any atom is -0.494 e. The minimum absolute atomic E-state index is 0.718. The molecule has 5 heteroatoms. The Labute approximate surface area is 173 Å². The Bertz CT molecular complexity index is 1150. The van der Waals surface area contributed by atoms with Gasteiger partial charge in [0.25, 0.3) is 0 Å². The van der Waals surface area contributed by atoms with Crippen LogP contribution in [-0.2, 0) is 6.42 Å². The first-order valence-corrected chi connectivity index (χ1v) is 10.4. The summed E-state index contributed by atoms with van der Waals surface area (Å²) in [5.74, 6) is 0.796. The molecule has 28 heavy (non-hydrogen) atoms. The highest BCUT2D eigenvalue weighted by atomic mass is 79.9. The molecule has 2 heterocycles. The fourth-order valence-electron chi connectivity index (χ4n) is 3.85. The summed E-state index contributed by atoms with van der Waals surface area (Å²) >= 11 is 3.70. The van der Waals surface area contributed by atoms with Crippen LogP contribution in [0.4, 0.5) is 0 Å². The van der Waals surface area contributed by atoms with Crippen molar-refractivity contribution in [3.63, 3.8) is 0 Å². The molecule has 0 saturated carbocycles. The summed E-state index contributed by atoms with van der Waals surface area (Å²) in [4.78, 5) is 8.42. The molecule has 2 aromatic carbocycles. The van der Waals surface area contributed by atoms with Gasteiger partial charge in [-0.05, 0) is 78.5 Å². The molecule has 0 saturated heterocycles. The number of halogens is 1. The van der Waals surface area contributed by atoms with E-state index in [1.807, 2.05) is 13.0 Å². The molecule has 3 N–H and O–H groups in total. The summed E-state index contributed by atoms with van der Waals surface area (Å²) in [5, 5.41) is 2.35.